The molecule has 1 aromatic rings. The lowest BCUT2D eigenvalue weighted by atomic mass is 10.1. The molecule has 2 rings (SSSR count). The molecule has 5 nitrogen and oxygen atoms in total. The quantitative estimate of drug-likeness (QED) is 0.836. The highest BCUT2D eigenvalue weighted by atomic mass is 19.1. The van der Waals surface area contributed by atoms with Crippen molar-refractivity contribution in [3.63, 3.8) is 0 Å². The zero-order valence-corrected chi connectivity index (χ0v) is 10.0. The molecule has 0 spiro atoms. The molecule has 1 aliphatic heterocycles. The second-order valence-corrected chi connectivity index (χ2v) is 4.08. The minimum absolute atomic E-state index is 0.154. The molecule has 0 saturated carbocycles. The molecule has 1 fully saturated rings. The summed E-state index contributed by atoms with van der Waals surface area (Å²) >= 11 is 0. The van der Waals surface area contributed by atoms with Crippen LogP contribution in [0.25, 0.3) is 0 Å². The molecule has 6 heteroatoms. The van der Waals surface area contributed by atoms with Crippen molar-refractivity contribution in [3.8, 4) is 0 Å². The Kier molecular flexibility index (Phi) is 3.55. The number of hydrogen-bond acceptors (Lipinski definition) is 3. The minimum Gasteiger partial charge on any atom is -0.353 e. The maximum atomic E-state index is 12.7. The number of carbonyl (C=O) groups is 2. The van der Waals surface area contributed by atoms with Gasteiger partial charge < -0.3 is 10.2 Å². The highest BCUT2D eigenvalue weighted by molar-refractivity contribution is 5.96. The van der Waals surface area contributed by atoms with E-state index in [1.807, 2.05) is 6.92 Å². The molecule has 0 bridgehead atoms. The predicted molar refractivity (Wildman–Crippen MR) is 62.3 cm³/mol. The molecule has 1 aliphatic rings. The van der Waals surface area contributed by atoms with Crippen LogP contribution in [-0.2, 0) is 4.79 Å². The van der Waals surface area contributed by atoms with E-state index in [4.69, 9.17) is 0 Å². The van der Waals surface area contributed by atoms with Crippen LogP contribution in [0.1, 0.15) is 23.8 Å². The first kappa shape index (κ1) is 12.5. The summed E-state index contributed by atoms with van der Waals surface area (Å²) in [4.78, 5) is 29.1. The molecule has 96 valence electrons. The Hall–Kier alpha value is -1.98. The molecular weight excluding hydrogens is 237 g/mol. The second kappa shape index (κ2) is 5.12. The Morgan fingerprint density at radius 3 is 3.00 bits per heavy atom. The van der Waals surface area contributed by atoms with Crippen molar-refractivity contribution in [1.29, 1.82) is 0 Å². The third-order valence-electron chi connectivity index (χ3n) is 2.92. The van der Waals surface area contributed by atoms with E-state index in [2.05, 4.69) is 10.3 Å². The number of halogens is 1. The molecule has 1 unspecified atom stereocenters. The number of nitrogens with one attached hydrogen (secondary N) is 1. The zero-order chi connectivity index (χ0) is 13.1. The standard InChI is InChI=1S/C12H14FN3O2/c1-2-10-11(17)14-5-6-16(10)12(18)9-4-3-8(13)7-15-9/h3-4,7,10H,2,5-6H2,1H3,(H,14,17). The van der Waals surface area contributed by atoms with Gasteiger partial charge in [-0.15, -0.1) is 0 Å². The van der Waals surface area contributed by atoms with Crippen LogP contribution in [0.4, 0.5) is 4.39 Å². The van der Waals surface area contributed by atoms with Gasteiger partial charge in [0.2, 0.25) is 5.91 Å². The molecule has 2 amide bonds. The molecule has 0 aliphatic carbocycles. The summed E-state index contributed by atoms with van der Waals surface area (Å²) in [5, 5.41) is 2.72. The summed E-state index contributed by atoms with van der Waals surface area (Å²) in [6.07, 6.45) is 1.54. The van der Waals surface area contributed by atoms with E-state index in [0.717, 1.165) is 6.20 Å². The number of rotatable bonds is 2. The number of nitrogens with zero attached hydrogens (tertiary/aromatic N) is 2. The third kappa shape index (κ3) is 2.32. The highest BCUT2D eigenvalue weighted by Gasteiger charge is 2.32. The van der Waals surface area contributed by atoms with E-state index in [0.29, 0.717) is 19.5 Å². The Morgan fingerprint density at radius 1 is 1.61 bits per heavy atom. The minimum atomic E-state index is -0.491. The van der Waals surface area contributed by atoms with Crippen molar-refractivity contribution in [2.45, 2.75) is 19.4 Å². The van der Waals surface area contributed by atoms with E-state index in [1.54, 1.807) is 0 Å². The average molecular weight is 251 g/mol. The monoisotopic (exact) mass is 251 g/mol. The summed E-state index contributed by atoms with van der Waals surface area (Å²) in [6.45, 7) is 2.72. The van der Waals surface area contributed by atoms with Crippen LogP contribution in [0.2, 0.25) is 0 Å². The topological polar surface area (TPSA) is 62.3 Å². The Morgan fingerprint density at radius 2 is 2.39 bits per heavy atom. The number of amides is 2. The van der Waals surface area contributed by atoms with Crippen LogP contribution in [0.3, 0.4) is 0 Å². The SMILES string of the molecule is CCC1C(=O)NCCN1C(=O)c1ccc(F)cn1. The number of carbonyl (C=O) groups excluding carboxylic acids is 2. The summed E-state index contributed by atoms with van der Waals surface area (Å²) in [6, 6.07) is 2.04. The van der Waals surface area contributed by atoms with Gasteiger partial charge in [-0.25, -0.2) is 9.37 Å². The third-order valence-corrected chi connectivity index (χ3v) is 2.92. The van der Waals surface area contributed by atoms with Gasteiger partial charge in [0.05, 0.1) is 6.20 Å². The van der Waals surface area contributed by atoms with Gasteiger partial charge in [-0.3, -0.25) is 9.59 Å². The largest absolute Gasteiger partial charge is 0.353 e. The van der Waals surface area contributed by atoms with Gasteiger partial charge in [0.15, 0.2) is 0 Å². The van der Waals surface area contributed by atoms with E-state index in [9.17, 15) is 14.0 Å². The Balaban J connectivity index is 2.21. The molecule has 2 heterocycles. The molecule has 18 heavy (non-hydrogen) atoms. The first-order chi connectivity index (χ1) is 8.63. The Bertz CT molecular complexity index is 461. The summed E-state index contributed by atoms with van der Waals surface area (Å²) in [5.74, 6) is -0.981. The van der Waals surface area contributed by atoms with Crippen molar-refractivity contribution in [3.05, 3.63) is 29.8 Å². The first-order valence-electron chi connectivity index (χ1n) is 5.83. The number of hydrogen-bond donors (Lipinski definition) is 1. The van der Waals surface area contributed by atoms with Crippen molar-refractivity contribution in [2.75, 3.05) is 13.1 Å². The smallest absolute Gasteiger partial charge is 0.273 e. The molecule has 0 radical (unpaired) electrons. The van der Waals surface area contributed by atoms with E-state index in [1.165, 1.54) is 17.0 Å². The number of aromatic nitrogens is 1. The summed E-state index contributed by atoms with van der Waals surface area (Å²) in [7, 11) is 0. The maximum absolute atomic E-state index is 12.7. The van der Waals surface area contributed by atoms with Gasteiger partial charge >= 0.3 is 0 Å². The predicted octanol–water partition coefficient (Wildman–Crippen LogP) is 0.571. The van der Waals surface area contributed by atoms with Crippen LogP contribution in [0, 0.1) is 5.82 Å². The van der Waals surface area contributed by atoms with E-state index in [-0.39, 0.29) is 17.5 Å². The van der Waals surface area contributed by atoms with Gasteiger partial charge in [0.25, 0.3) is 5.91 Å². The van der Waals surface area contributed by atoms with E-state index < -0.39 is 11.9 Å². The maximum Gasteiger partial charge on any atom is 0.273 e. The first-order valence-corrected chi connectivity index (χ1v) is 5.83. The van der Waals surface area contributed by atoms with Crippen molar-refractivity contribution >= 4 is 11.8 Å². The van der Waals surface area contributed by atoms with Crippen LogP contribution in [0.5, 0.6) is 0 Å². The Labute approximate surface area is 104 Å². The molecule has 1 atom stereocenters. The average Bonchev–Trinajstić information content (AvgIpc) is 2.38. The fraction of sp³-hybridized carbons (Fsp3) is 0.417. The molecule has 0 aromatic carbocycles. The van der Waals surface area contributed by atoms with Gasteiger partial charge in [-0.1, -0.05) is 6.92 Å². The van der Waals surface area contributed by atoms with Gasteiger partial charge in [-0.2, -0.15) is 0 Å². The van der Waals surface area contributed by atoms with Crippen LogP contribution in [-0.4, -0.2) is 40.8 Å². The zero-order valence-electron chi connectivity index (χ0n) is 10.0. The lowest BCUT2D eigenvalue weighted by Gasteiger charge is -2.34. The summed E-state index contributed by atoms with van der Waals surface area (Å²) in [5.41, 5.74) is 0.157. The normalized spacial score (nSPS) is 19.6. The number of pyridine rings is 1. The van der Waals surface area contributed by atoms with Crippen molar-refractivity contribution < 1.29 is 14.0 Å². The van der Waals surface area contributed by atoms with Gasteiger partial charge in [0.1, 0.15) is 17.6 Å². The van der Waals surface area contributed by atoms with Crippen molar-refractivity contribution in [1.82, 2.24) is 15.2 Å². The fourth-order valence-electron chi connectivity index (χ4n) is 2.01. The molecule has 1 N–H and O–H groups in total. The van der Waals surface area contributed by atoms with Gasteiger partial charge in [-0.05, 0) is 18.6 Å². The fourth-order valence-corrected chi connectivity index (χ4v) is 2.01. The molecule has 1 saturated heterocycles. The number of piperazine rings is 1. The second-order valence-electron chi connectivity index (χ2n) is 4.08. The van der Waals surface area contributed by atoms with Gasteiger partial charge in [0, 0.05) is 13.1 Å². The van der Waals surface area contributed by atoms with Crippen LogP contribution in [0.15, 0.2) is 18.3 Å². The lowest BCUT2D eigenvalue weighted by Crippen LogP contribution is -2.57. The van der Waals surface area contributed by atoms with Crippen molar-refractivity contribution in [2.24, 2.45) is 0 Å². The van der Waals surface area contributed by atoms with Crippen LogP contribution >= 0.6 is 0 Å². The van der Waals surface area contributed by atoms with E-state index >= 15 is 0 Å². The molecular formula is C12H14FN3O2. The van der Waals surface area contributed by atoms with Crippen LogP contribution < -0.4 is 5.32 Å². The molecule has 1 aromatic heterocycles. The lowest BCUT2D eigenvalue weighted by molar-refractivity contribution is -0.127. The summed E-state index contributed by atoms with van der Waals surface area (Å²) < 4.78 is 12.7. The highest BCUT2D eigenvalue weighted by Crippen LogP contribution is 2.12.